The van der Waals surface area contributed by atoms with Crippen molar-refractivity contribution in [3.05, 3.63) is 17.0 Å². The number of aromatic nitrogens is 1. The molecule has 1 heterocycles. The molecule has 0 unspecified atom stereocenters. The van der Waals surface area contributed by atoms with Gasteiger partial charge in [0.25, 0.3) is 0 Å². The quantitative estimate of drug-likeness (QED) is 0.366. The highest BCUT2D eigenvalue weighted by molar-refractivity contribution is 14.0. The second kappa shape index (κ2) is 8.80. The van der Waals surface area contributed by atoms with Crippen LogP contribution in [-0.4, -0.2) is 31.3 Å². The first-order chi connectivity index (χ1) is 8.19. The number of nitrogens with zero attached hydrogens (tertiary/aromatic N) is 2. The molecule has 1 aromatic heterocycles. The van der Waals surface area contributed by atoms with Gasteiger partial charge >= 0.3 is 0 Å². The number of nitrogens with one attached hydrogen (secondary N) is 2. The fourth-order valence-corrected chi connectivity index (χ4v) is 1.52. The summed E-state index contributed by atoms with van der Waals surface area (Å²) in [6, 6.07) is 0. The van der Waals surface area contributed by atoms with Crippen LogP contribution in [0.1, 0.15) is 17.0 Å². The molecular formula is C12H19IN4O. The molecule has 2 N–H and O–H groups in total. The monoisotopic (exact) mass is 362 g/mol. The van der Waals surface area contributed by atoms with Gasteiger partial charge in [-0.25, -0.2) is 0 Å². The summed E-state index contributed by atoms with van der Waals surface area (Å²) < 4.78 is 5.09. The molecule has 0 amide bonds. The molecule has 0 saturated heterocycles. The molecule has 0 atom stereocenters. The first kappa shape index (κ1) is 16.8. The maximum absolute atomic E-state index is 5.16. The van der Waals surface area contributed by atoms with E-state index < -0.39 is 0 Å². The van der Waals surface area contributed by atoms with Gasteiger partial charge in [-0.2, -0.15) is 0 Å². The summed E-state index contributed by atoms with van der Waals surface area (Å²) in [6.45, 7) is 5.08. The molecule has 0 radical (unpaired) electrons. The Kier molecular flexibility index (Phi) is 8.20. The third-order valence-corrected chi connectivity index (χ3v) is 2.43. The Morgan fingerprint density at radius 3 is 2.67 bits per heavy atom. The highest BCUT2D eigenvalue weighted by Crippen LogP contribution is 2.11. The largest absolute Gasteiger partial charge is 0.361 e. The van der Waals surface area contributed by atoms with E-state index in [1.165, 1.54) is 0 Å². The number of guanidine groups is 1. The minimum absolute atomic E-state index is 0. The molecule has 1 rings (SSSR count). The highest BCUT2D eigenvalue weighted by Gasteiger charge is 2.08. The van der Waals surface area contributed by atoms with Crippen LogP contribution in [0.3, 0.4) is 0 Å². The smallest absolute Gasteiger partial charge is 0.191 e. The first-order valence-electron chi connectivity index (χ1n) is 5.48. The number of rotatable bonds is 4. The number of halogens is 1. The van der Waals surface area contributed by atoms with E-state index in [4.69, 9.17) is 10.9 Å². The molecule has 0 saturated carbocycles. The van der Waals surface area contributed by atoms with E-state index >= 15 is 0 Å². The van der Waals surface area contributed by atoms with E-state index in [2.05, 4.69) is 26.7 Å². The average molecular weight is 362 g/mol. The topological polar surface area (TPSA) is 62.5 Å². The Morgan fingerprint density at radius 2 is 2.17 bits per heavy atom. The number of terminal acetylenes is 1. The number of hydrogen-bond acceptors (Lipinski definition) is 3. The second-order valence-corrected chi connectivity index (χ2v) is 3.61. The molecule has 0 bridgehead atoms. The van der Waals surface area contributed by atoms with Crippen LogP contribution in [0.2, 0.25) is 0 Å². The van der Waals surface area contributed by atoms with Crippen molar-refractivity contribution in [2.45, 2.75) is 20.3 Å². The Bertz CT molecular complexity index is 414. The minimum atomic E-state index is 0. The van der Waals surface area contributed by atoms with Crippen LogP contribution >= 0.6 is 24.0 Å². The zero-order valence-corrected chi connectivity index (χ0v) is 13.2. The molecule has 6 heteroatoms. The molecule has 0 aromatic carbocycles. The minimum Gasteiger partial charge on any atom is -0.361 e. The van der Waals surface area contributed by atoms with Gasteiger partial charge in [0.05, 0.1) is 12.2 Å². The van der Waals surface area contributed by atoms with Crippen LogP contribution in [0, 0.1) is 26.2 Å². The first-order valence-corrected chi connectivity index (χ1v) is 5.48. The van der Waals surface area contributed by atoms with Crippen molar-refractivity contribution in [2.24, 2.45) is 4.99 Å². The summed E-state index contributed by atoms with van der Waals surface area (Å²) in [4.78, 5) is 4.05. The molecule has 18 heavy (non-hydrogen) atoms. The molecule has 100 valence electrons. The van der Waals surface area contributed by atoms with Crippen LogP contribution in [0.5, 0.6) is 0 Å². The van der Waals surface area contributed by atoms with Gasteiger partial charge in [-0.15, -0.1) is 30.4 Å². The Labute approximate surface area is 125 Å². The van der Waals surface area contributed by atoms with Gasteiger partial charge < -0.3 is 15.2 Å². The predicted octanol–water partition coefficient (Wildman–Crippen LogP) is 1.25. The van der Waals surface area contributed by atoms with Crippen LogP contribution in [0.15, 0.2) is 9.52 Å². The van der Waals surface area contributed by atoms with Crippen LogP contribution in [-0.2, 0) is 6.42 Å². The van der Waals surface area contributed by atoms with E-state index in [1.807, 2.05) is 13.8 Å². The van der Waals surface area contributed by atoms with Crippen molar-refractivity contribution < 1.29 is 4.52 Å². The summed E-state index contributed by atoms with van der Waals surface area (Å²) >= 11 is 0. The van der Waals surface area contributed by atoms with Crippen molar-refractivity contribution in [2.75, 3.05) is 20.1 Å². The Hall–Kier alpha value is -1.23. The molecule has 0 aliphatic heterocycles. The lowest BCUT2D eigenvalue weighted by atomic mass is 10.1. The van der Waals surface area contributed by atoms with Gasteiger partial charge in [0.2, 0.25) is 0 Å². The molecular weight excluding hydrogens is 343 g/mol. The Morgan fingerprint density at radius 1 is 1.44 bits per heavy atom. The lowest BCUT2D eigenvalue weighted by Gasteiger charge is -2.09. The zero-order chi connectivity index (χ0) is 12.7. The van der Waals surface area contributed by atoms with Gasteiger partial charge in [0, 0.05) is 19.2 Å². The number of aliphatic imine (C=N–C) groups is 1. The Balaban J connectivity index is 0.00000289. The maximum Gasteiger partial charge on any atom is 0.191 e. The predicted molar refractivity (Wildman–Crippen MR) is 83.3 cm³/mol. The number of hydrogen-bond donors (Lipinski definition) is 2. The van der Waals surface area contributed by atoms with Crippen molar-refractivity contribution in [3.8, 4) is 12.3 Å². The van der Waals surface area contributed by atoms with E-state index in [0.29, 0.717) is 12.5 Å². The van der Waals surface area contributed by atoms with Gasteiger partial charge in [-0.1, -0.05) is 11.1 Å². The van der Waals surface area contributed by atoms with E-state index in [0.717, 1.165) is 30.0 Å². The normalized spacial score (nSPS) is 10.4. The van der Waals surface area contributed by atoms with Crippen LogP contribution in [0.25, 0.3) is 0 Å². The summed E-state index contributed by atoms with van der Waals surface area (Å²) in [5, 5.41) is 10.1. The van der Waals surface area contributed by atoms with Crippen molar-refractivity contribution in [1.82, 2.24) is 15.8 Å². The lowest BCUT2D eigenvalue weighted by molar-refractivity contribution is 0.392. The molecule has 5 nitrogen and oxygen atoms in total. The fraction of sp³-hybridized carbons (Fsp3) is 0.500. The third kappa shape index (κ3) is 4.96. The molecule has 0 aliphatic carbocycles. The molecule has 0 aliphatic rings. The van der Waals surface area contributed by atoms with Crippen LogP contribution in [0.4, 0.5) is 0 Å². The second-order valence-electron chi connectivity index (χ2n) is 3.61. The fourth-order valence-electron chi connectivity index (χ4n) is 1.52. The summed E-state index contributed by atoms with van der Waals surface area (Å²) in [6.07, 6.45) is 6.01. The van der Waals surface area contributed by atoms with Gasteiger partial charge in [0.1, 0.15) is 5.76 Å². The van der Waals surface area contributed by atoms with E-state index in [9.17, 15) is 0 Å². The SMILES string of the molecule is C#CCNC(=NC)NCCc1c(C)noc1C.I. The molecule has 1 aromatic rings. The zero-order valence-electron chi connectivity index (χ0n) is 10.9. The van der Waals surface area contributed by atoms with E-state index in [-0.39, 0.29) is 24.0 Å². The van der Waals surface area contributed by atoms with Crippen LogP contribution < -0.4 is 10.6 Å². The average Bonchev–Trinajstić information content (AvgIpc) is 2.64. The standard InChI is InChI=1S/C12H18N4O.HI/c1-5-7-14-12(13-4)15-8-6-11-9(2)16-17-10(11)3;/h1H,6-8H2,2-4H3,(H2,13,14,15);1H. The van der Waals surface area contributed by atoms with Crippen molar-refractivity contribution in [1.29, 1.82) is 0 Å². The van der Waals surface area contributed by atoms with Crippen molar-refractivity contribution >= 4 is 29.9 Å². The van der Waals surface area contributed by atoms with Gasteiger partial charge in [-0.3, -0.25) is 4.99 Å². The van der Waals surface area contributed by atoms with Crippen molar-refractivity contribution in [3.63, 3.8) is 0 Å². The summed E-state index contributed by atoms with van der Waals surface area (Å²) in [5.74, 6) is 4.07. The maximum atomic E-state index is 5.16. The lowest BCUT2D eigenvalue weighted by Crippen LogP contribution is -2.38. The summed E-state index contributed by atoms with van der Waals surface area (Å²) in [5.41, 5.74) is 2.08. The van der Waals surface area contributed by atoms with Gasteiger partial charge in [-0.05, 0) is 20.3 Å². The van der Waals surface area contributed by atoms with Gasteiger partial charge in [0.15, 0.2) is 5.96 Å². The molecule has 0 fully saturated rings. The summed E-state index contributed by atoms with van der Waals surface area (Å²) in [7, 11) is 1.71. The third-order valence-electron chi connectivity index (χ3n) is 2.43. The number of aryl methyl sites for hydroxylation is 2. The highest BCUT2D eigenvalue weighted by atomic mass is 127. The molecule has 0 spiro atoms. The van der Waals surface area contributed by atoms with E-state index in [1.54, 1.807) is 7.05 Å².